The van der Waals surface area contributed by atoms with E-state index in [1.807, 2.05) is 31.2 Å². The van der Waals surface area contributed by atoms with Crippen LogP contribution in [0.25, 0.3) is 0 Å². The van der Waals surface area contributed by atoms with Crippen LogP contribution in [0.1, 0.15) is 11.3 Å². The first kappa shape index (κ1) is 12.4. The molecule has 0 saturated carbocycles. The number of benzene rings is 1. The third-order valence-corrected chi connectivity index (χ3v) is 2.62. The lowest BCUT2D eigenvalue weighted by Gasteiger charge is -2.10. The van der Waals surface area contributed by atoms with Crippen molar-refractivity contribution in [3.8, 4) is 17.4 Å². The van der Waals surface area contributed by atoms with Crippen LogP contribution >= 0.6 is 0 Å². The molecule has 1 aromatic heterocycles. The van der Waals surface area contributed by atoms with E-state index in [9.17, 15) is 0 Å². The number of aromatic nitrogens is 1. The van der Waals surface area contributed by atoms with E-state index in [0.717, 1.165) is 11.3 Å². The zero-order valence-electron chi connectivity index (χ0n) is 10.4. The van der Waals surface area contributed by atoms with Gasteiger partial charge in [-0.05, 0) is 30.7 Å². The van der Waals surface area contributed by atoms with Crippen LogP contribution in [0, 0.1) is 6.92 Å². The Morgan fingerprint density at radius 2 is 1.83 bits per heavy atom. The fourth-order valence-electron chi connectivity index (χ4n) is 1.61. The zero-order valence-corrected chi connectivity index (χ0v) is 10.4. The SMILES string of the molecule is COc1ccccc1Oc1ccc(CO)c(C)n1. The number of rotatable bonds is 4. The molecule has 2 rings (SSSR count). The third-order valence-electron chi connectivity index (χ3n) is 2.62. The van der Waals surface area contributed by atoms with Crippen molar-refractivity contribution < 1.29 is 14.6 Å². The van der Waals surface area contributed by atoms with Crippen molar-refractivity contribution >= 4 is 0 Å². The highest BCUT2D eigenvalue weighted by Crippen LogP contribution is 2.30. The number of hydrogen-bond donors (Lipinski definition) is 1. The number of aryl methyl sites for hydroxylation is 1. The molecule has 0 saturated heterocycles. The van der Waals surface area contributed by atoms with Gasteiger partial charge in [-0.3, -0.25) is 0 Å². The summed E-state index contributed by atoms with van der Waals surface area (Å²) in [5.41, 5.74) is 1.55. The van der Waals surface area contributed by atoms with E-state index >= 15 is 0 Å². The van der Waals surface area contributed by atoms with E-state index in [1.165, 1.54) is 0 Å². The number of aliphatic hydroxyl groups is 1. The molecule has 0 aliphatic heterocycles. The van der Waals surface area contributed by atoms with Crippen LogP contribution in [-0.2, 0) is 6.61 Å². The van der Waals surface area contributed by atoms with Crippen LogP contribution in [0.2, 0.25) is 0 Å². The maximum absolute atomic E-state index is 9.08. The molecule has 18 heavy (non-hydrogen) atoms. The van der Waals surface area contributed by atoms with Gasteiger partial charge in [0.2, 0.25) is 5.88 Å². The maximum Gasteiger partial charge on any atom is 0.219 e. The third kappa shape index (κ3) is 2.60. The first-order valence-corrected chi connectivity index (χ1v) is 5.63. The van der Waals surface area contributed by atoms with Gasteiger partial charge in [0.25, 0.3) is 0 Å². The van der Waals surface area contributed by atoms with Gasteiger partial charge in [0.15, 0.2) is 11.5 Å². The molecule has 0 aliphatic rings. The largest absolute Gasteiger partial charge is 0.493 e. The van der Waals surface area contributed by atoms with Gasteiger partial charge in [-0.1, -0.05) is 12.1 Å². The fraction of sp³-hybridized carbons (Fsp3) is 0.214. The predicted molar refractivity (Wildman–Crippen MR) is 68.0 cm³/mol. The fourth-order valence-corrected chi connectivity index (χ4v) is 1.61. The molecule has 94 valence electrons. The minimum atomic E-state index is -0.0201. The molecule has 4 nitrogen and oxygen atoms in total. The molecule has 0 aliphatic carbocycles. The summed E-state index contributed by atoms with van der Waals surface area (Å²) in [6, 6.07) is 10.9. The van der Waals surface area contributed by atoms with E-state index in [4.69, 9.17) is 14.6 Å². The van der Waals surface area contributed by atoms with Gasteiger partial charge in [-0.25, -0.2) is 4.98 Å². The summed E-state index contributed by atoms with van der Waals surface area (Å²) in [5, 5.41) is 9.08. The number of nitrogens with zero attached hydrogens (tertiary/aromatic N) is 1. The summed E-state index contributed by atoms with van der Waals surface area (Å²) >= 11 is 0. The molecule has 0 spiro atoms. The van der Waals surface area contributed by atoms with E-state index in [-0.39, 0.29) is 6.61 Å². The molecule has 0 bridgehead atoms. The minimum absolute atomic E-state index is 0.0201. The molecule has 0 atom stereocenters. The number of hydrogen-bond acceptors (Lipinski definition) is 4. The second-order valence-electron chi connectivity index (χ2n) is 3.81. The average Bonchev–Trinajstić information content (AvgIpc) is 2.39. The average molecular weight is 245 g/mol. The Kier molecular flexibility index (Phi) is 3.79. The Morgan fingerprint density at radius 3 is 2.44 bits per heavy atom. The molecular formula is C14H15NO3. The Balaban J connectivity index is 2.26. The van der Waals surface area contributed by atoms with Crippen LogP contribution in [-0.4, -0.2) is 17.2 Å². The lowest BCUT2D eigenvalue weighted by atomic mass is 10.2. The lowest BCUT2D eigenvalue weighted by molar-refractivity contribution is 0.280. The molecule has 0 unspecified atom stereocenters. The van der Waals surface area contributed by atoms with Gasteiger partial charge in [-0.15, -0.1) is 0 Å². The number of methoxy groups -OCH3 is 1. The second kappa shape index (κ2) is 5.51. The van der Waals surface area contributed by atoms with Crippen molar-refractivity contribution in [1.82, 2.24) is 4.98 Å². The lowest BCUT2D eigenvalue weighted by Crippen LogP contribution is -1.96. The van der Waals surface area contributed by atoms with Crippen molar-refractivity contribution in [3.05, 3.63) is 47.7 Å². The van der Waals surface area contributed by atoms with Crippen molar-refractivity contribution in [2.75, 3.05) is 7.11 Å². The standard InChI is InChI=1S/C14H15NO3/c1-10-11(9-16)7-8-14(15-10)18-13-6-4-3-5-12(13)17-2/h3-8,16H,9H2,1-2H3. The molecule has 1 N–H and O–H groups in total. The monoisotopic (exact) mass is 245 g/mol. The Hall–Kier alpha value is -2.07. The molecule has 0 radical (unpaired) electrons. The van der Waals surface area contributed by atoms with Crippen LogP contribution in [0.4, 0.5) is 0 Å². The van der Waals surface area contributed by atoms with E-state index in [2.05, 4.69) is 4.98 Å². The molecule has 4 heteroatoms. The molecule has 1 heterocycles. The quantitative estimate of drug-likeness (QED) is 0.899. The molecule has 0 amide bonds. The summed E-state index contributed by atoms with van der Waals surface area (Å²) < 4.78 is 10.9. The zero-order chi connectivity index (χ0) is 13.0. The van der Waals surface area contributed by atoms with Crippen molar-refractivity contribution in [1.29, 1.82) is 0 Å². The smallest absolute Gasteiger partial charge is 0.219 e. The van der Waals surface area contributed by atoms with E-state index in [1.54, 1.807) is 19.2 Å². The predicted octanol–water partition coefficient (Wildman–Crippen LogP) is 2.68. The second-order valence-corrected chi connectivity index (χ2v) is 3.81. The van der Waals surface area contributed by atoms with Gasteiger partial charge in [-0.2, -0.15) is 0 Å². The number of ether oxygens (including phenoxy) is 2. The molecule has 2 aromatic rings. The summed E-state index contributed by atoms with van der Waals surface area (Å²) in [7, 11) is 1.59. The van der Waals surface area contributed by atoms with Gasteiger partial charge < -0.3 is 14.6 Å². The number of para-hydroxylation sites is 2. The number of pyridine rings is 1. The Morgan fingerprint density at radius 1 is 1.11 bits per heavy atom. The highest BCUT2D eigenvalue weighted by Gasteiger charge is 2.06. The summed E-state index contributed by atoms with van der Waals surface area (Å²) in [4.78, 5) is 4.28. The molecule has 1 aromatic carbocycles. The highest BCUT2D eigenvalue weighted by molar-refractivity contribution is 5.41. The van der Waals surface area contributed by atoms with E-state index < -0.39 is 0 Å². The summed E-state index contributed by atoms with van der Waals surface area (Å²) in [6.07, 6.45) is 0. The van der Waals surface area contributed by atoms with Gasteiger partial charge in [0, 0.05) is 11.8 Å². The van der Waals surface area contributed by atoms with Gasteiger partial charge in [0.05, 0.1) is 13.7 Å². The van der Waals surface area contributed by atoms with E-state index in [0.29, 0.717) is 17.4 Å². The van der Waals surface area contributed by atoms with Crippen molar-refractivity contribution in [2.24, 2.45) is 0 Å². The first-order valence-electron chi connectivity index (χ1n) is 5.63. The van der Waals surface area contributed by atoms with Crippen LogP contribution in [0.15, 0.2) is 36.4 Å². The Bertz CT molecular complexity index is 540. The van der Waals surface area contributed by atoms with Crippen LogP contribution < -0.4 is 9.47 Å². The number of aliphatic hydroxyl groups excluding tert-OH is 1. The maximum atomic E-state index is 9.08. The molecule has 0 fully saturated rings. The highest BCUT2D eigenvalue weighted by atomic mass is 16.5. The first-order chi connectivity index (χ1) is 8.74. The summed E-state index contributed by atoms with van der Waals surface area (Å²) in [6.45, 7) is 1.81. The summed E-state index contributed by atoms with van der Waals surface area (Å²) in [5.74, 6) is 1.75. The van der Waals surface area contributed by atoms with Gasteiger partial charge >= 0.3 is 0 Å². The van der Waals surface area contributed by atoms with Crippen molar-refractivity contribution in [3.63, 3.8) is 0 Å². The van der Waals surface area contributed by atoms with Crippen molar-refractivity contribution in [2.45, 2.75) is 13.5 Å². The topological polar surface area (TPSA) is 51.6 Å². The van der Waals surface area contributed by atoms with Crippen LogP contribution in [0.5, 0.6) is 17.4 Å². The van der Waals surface area contributed by atoms with Crippen LogP contribution in [0.3, 0.4) is 0 Å². The normalized spacial score (nSPS) is 10.2. The van der Waals surface area contributed by atoms with Gasteiger partial charge in [0.1, 0.15) is 0 Å². The Labute approximate surface area is 106 Å². The molecular weight excluding hydrogens is 230 g/mol. The minimum Gasteiger partial charge on any atom is -0.493 e.